The molecule has 0 saturated carbocycles. The molecule has 0 amide bonds. The predicted molar refractivity (Wildman–Crippen MR) is 123 cm³/mol. The molecule has 0 unspecified atom stereocenters. The summed E-state index contributed by atoms with van der Waals surface area (Å²) < 4.78 is 2.35. The molecule has 4 aromatic rings. The number of aromatic nitrogens is 1. The molecule has 30 heavy (non-hydrogen) atoms. The molecule has 3 aromatic carbocycles. The summed E-state index contributed by atoms with van der Waals surface area (Å²) in [5.74, 6) is 0. The van der Waals surface area contributed by atoms with E-state index in [-0.39, 0.29) is 5.69 Å². The highest BCUT2D eigenvalue weighted by atomic mass is 35.5. The predicted octanol–water partition coefficient (Wildman–Crippen LogP) is 5.58. The van der Waals surface area contributed by atoms with Gasteiger partial charge in [-0.15, -0.1) is 0 Å². The molecule has 0 aliphatic heterocycles. The molecule has 0 atom stereocenters. The maximum atomic E-state index is 10.8. The first kappa shape index (κ1) is 20.2. The standard InChI is InChI=1S/C23H23ClN4O2/c1-2-27-22-6-4-3-5-18(22)19-13-16(7-10-23(19)27)15-25-11-12-26-21-9-8-17(28(29)30)14-20(21)24/h3-10,13-14,25-26H,2,11-12,15H2,1H3. The van der Waals surface area contributed by atoms with Crippen LogP contribution in [0, 0.1) is 10.1 Å². The van der Waals surface area contributed by atoms with Crippen LogP contribution >= 0.6 is 11.6 Å². The van der Waals surface area contributed by atoms with Crippen molar-refractivity contribution in [2.75, 3.05) is 18.4 Å². The van der Waals surface area contributed by atoms with E-state index in [2.05, 4.69) is 64.6 Å². The number of non-ortho nitro benzene ring substituents is 1. The number of para-hydroxylation sites is 1. The molecular weight excluding hydrogens is 400 g/mol. The van der Waals surface area contributed by atoms with Gasteiger partial charge < -0.3 is 15.2 Å². The van der Waals surface area contributed by atoms with Crippen LogP contribution in [0.25, 0.3) is 21.8 Å². The van der Waals surface area contributed by atoms with Crippen molar-refractivity contribution in [3.05, 3.63) is 81.4 Å². The van der Waals surface area contributed by atoms with Crippen LogP contribution < -0.4 is 10.6 Å². The number of anilines is 1. The molecule has 6 nitrogen and oxygen atoms in total. The van der Waals surface area contributed by atoms with Crippen LogP contribution in [-0.2, 0) is 13.1 Å². The Hall–Kier alpha value is -3.09. The van der Waals surface area contributed by atoms with Gasteiger partial charge >= 0.3 is 0 Å². The lowest BCUT2D eigenvalue weighted by Crippen LogP contribution is -2.21. The number of hydrogen-bond acceptors (Lipinski definition) is 4. The summed E-state index contributed by atoms with van der Waals surface area (Å²) in [6.45, 7) is 5.28. The first-order valence-corrected chi connectivity index (χ1v) is 10.3. The van der Waals surface area contributed by atoms with E-state index < -0.39 is 4.92 Å². The van der Waals surface area contributed by atoms with Crippen molar-refractivity contribution in [2.45, 2.75) is 20.0 Å². The number of benzene rings is 3. The average molecular weight is 423 g/mol. The first-order valence-electron chi connectivity index (χ1n) is 9.97. The first-order chi connectivity index (χ1) is 14.6. The third-order valence-electron chi connectivity index (χ3n) is 5.26. The Labute approximate surface area is 179 Å². The monoisotopic (exact) mass is 422 g/mol. The summed E-state index contributed by atoms with van der Waals surface area (Å²) >= 11 is 6.11. The fourth-order valence-corrected chi connectivity index (χ4v) is 4.07. The minimum absolute atomic E-state index is 0.0107. The minimum Gasteiger partial charge on any atom is -0.383 e. The van der Waals surface area contributed by atoms with Crippen LogP contribution in [0.3, 0.4) is 0 Å². The van der Waals surface area contributed by atoms with E-state index in [9.17, 15) is 10.1 Å². The summed E-state index contributed by atoms with van der Waals surface area (Å²) in [6.07, 6.45) is 0. The Kier molecular flexibility index (Phi) is 5.88. The van der Waals surface area contributed by atoms with Crippen molar-refractivity contribution in [3.8, 4) is 0 Å². The third kappa shape index (κ3) is 3.97. The van der Waals surface area contributed by atoms with Crippen LogP contribution in [-0.4, -0.2) is 22.6 Å². The van der Waals surface area contributed by atoms with E-state index in [4.69, 9.17) is 11.6 Å². The number of rotatable bonds is 8. The molecule has 154 valence electrons. The van der Waals surface area contributed by atoms with Crippen molar-refractivity contribution in [1.82, 2.24) is 9.88 Å². The SMILES string of the molecule is CCn1c2ccccc2c2cc(CNCCNc3ccc([N+](=O)[O-])cc3Cl)ccc21. The highest BCUT2D eigenvalue weighted by Crippen LogP contribution is 2.30. The van der Waals surface area contributed by atoms with Gasteiger partial charge in [-0.05, 0) is 36.8 Å². The molecule has 0 spiro atoms. The van der Waals surface area contributed by atoms with Gasteiger partial charge in [0.2, 0.25) is 0 Å². The minimum atomic E-state index is -0.452. The average Bonchev–Trinajstić information content (AvgIpc) is 3.07. The van der Waals surface area contributed by atoms with Gasteiger partial charge in [-0.2, -0.15) is 0 Å². The van der Waals surface area contributed by atoms with Crippen LogP contribution in [0.1, 0.15) is 12.5 Å². The van der Waals surface area contributed by atoms with Gasteiger partial charge in [-0.25, -0.2) is 0 Å². The highest BCUT2D eigenvalue weighted by molar-refractivity contribution is 6.33. The molecule has 2 N–H and O–H groups in total. The van der Waals surface area contributed by atoms with E-state index in [0.717, 1.165) is 19.6 Å². The number of nitrogens with one attached hydrogen (secondary N) is 2. The third-order valence-corrected chi connectivity index (χ3v) is 5.58. The van der Waals surface area contributed by atoms with E-state index in [1.54, 1.807) is 6.07 Å². The Morgan fingerprint density at radius 2 is 1.80 bits per heavy atom. The molecular formula is C23H23ClN4O2. The zero-order valence-corrected chi connectivity index (χ0v) is 17.4. The fourth-order valence-electron chi connectivity index (χ4n) is 3.83. The van der Waals surface area contributed by atoms with Crippen molar-refractivity contribution < 1.29 is 4.92 Å². The lowest BCUT2D eigenvalue weighted by atomic mass is 10.1. The maximum Gasteiger partial charge on any atom is 0.271 e. The summed E-state index contributed by atoms with van der Waals surface area (Å²) in [7, 11) is 0. The number of hydrogen-bond donors (Lipinski definition) is 2. The molecule has 0 bridgehead atoms. The van der Waals surface area contributed by atoms with Crippen molar-refractivity contribution in [2.24, 2.45) is 0 Å². The zero-order valence-electron chi connectivity index (χ0n) is 16.7. The van der Waals surface area contributed by atoms with Gasteiger partial charge in [-0.1, -0.05) is 35.9 Å². The number of nitrogens with zero attached hydrogens (tertiary/aromatic N) is 2. The van der Waals surface area contributed by atoms with E-state index in [1.807, 2.05) is 0 Å². The molecule has 1 heterocycles. The normalized spacial score (nSPS) is 11.3. The number of aryl methyl sites for hydroxylation is 1. The van der Waals surface area contributed by atoms with Gasteiger partial charge in [0.15, 0.2) is 0 Å². The summed E-state index contributed by atoms with van der Waals surface area (Å²) in [5, 5.41) is 20.3. The number of nitro benzene ring substituents is 1. The van der Waals surface area contributed by atoms with Crippen molar-refractivity contribution in [3.63, 3.8) is 0 Å². The number of fused-ring (bicyclic) bond motifs is 3. The van der Waals surface area contributed by atoms with E-state index in [1.165, 1.54) is 39.5 Å². The summed E-state index contributed by atoms with van der Waals surface area (Å²) in [4.78, 5) is 10.3. The van der Waals surface area contributed by atoms with Gasteiger partial charge in [0.25, 0.3) is 5.69 Å². The molecule has 0 saturated heterocycles. The Morgan fingerprint density at radius 1 is 1.00 bits per heavy atom. The van der Waals surface area contributed by atoms with Gasteiger partial charge in [0, 0.05) is 60.1 Å². The maximum absolute atomic E-state index is 10.8. The second-order valence-electron chi connectivity index (χ2n) is 7.14. The van der Waals surface area contributed by atoms with Crippen LogP contribution in [0.5, 0.6) is 0 Å². The largest absolute Gasteiger partial charge is 0.383 e. The van der Waals surface area contributed by atoms with Crippen molar-refractivity contribution in [1.29, 1.82) is 0 Å². The van der Waals surface area contributed by atoms with Gasteiger partial charge in [0.1, 0.15) is 0 Å². The van der Waals surface area contributed by atoms with Gasteiger partial charge in [0.05, 0.1) is 15.6 Å². The van der Waals surface area contributed by atoms with Crippen LogP contribution in [0.15, 0.2) is 60.7 Å². The molecule has 0 fully saturated rings. The topological polar surface area (TPSA) is 72.1 Å². The quantitative estimate of drug-likeness (QED) is 0.221. The summed E-state index contributed by atoms with van der Waals surface area (Å²) in [5.41, 5.74) is 4.44. The number of halogens is 1. The molecule has 4 rings (SSSR count). The Morgan fingerprint density at radius 3 is 2.57 bits per heavy atom. The summed E-state index contributed by atoms with van der Waals surface area (Å²) in [6, 6.07) is 19.6. The molecule has 0 radical (unpaired) electrons. The van der Waals surface area contributed by atoms with Crippen LogP contribution in [0.2, 0.25) is 5.02 Å². The number of nitro groups is 1. The Bertz CT molecular complexity index is 1220. The van der Waals surface area contributed by atoms with E-state index in [0.29, 0.717) is 17.3 Å². The fraction of sp³-hybridized carbons (Fsp3) is 0.217. The van der Waals surface area contributed by atoms with Crippen LogP contribution in [0.4, 0.5) is 11.4 Å². The zero-order chi connectivity index (χ0) is 21.1. The molecule has 1 aromatic heterocycles. The second kappa shape index (κ2) is 8.73. The lowest BCUT2D eigenvalue weighted by molar-refractivity contribution is -0.384. The van der Waals surface area contributed by atoms with Crippen molar-refractivity contribution >= 4 is 44.8 Å². The second-order valence-corrected chi connectivity index (χ2v) is 7.54. The van der Waals surface area contributed by atoms with Gasteiger partial charge in [-0.3, -0.25) is 10.1 Å². The molecule has 7 heteroatoms. The Balaban J connectivity index is 1.38. The molecule has 0 aliphatic rings. The lowest BCUT2D eigenvalue weighted by Gasteiger charge is -2.10. The smallest absolute Gasteiger partial charge is 0.271 e. The van der Waals surface area contributed by atoms with E-state index >= 15 is 0 Å². The molecule has 0 aliphatic carbocycles. The highest BCUT2D eigenvalue weighted by Gasteiger charge is 2.10.